The maximum atomic E-state index is 12.2. The lowest BCUT2D eigenvalue weighted by Gasteiger charge is -2.58. The highest BCUT2D eigenvalue weighted by Gasteiger charge is 2.63. The Kier molecular flexibility index (Phi) is 18.7. The number of fused-ring (bicyclic) bond motifs is 5. The highest BCUT2D eigenvalue weighted by Crippen LogP contribution is 2.67. The largest absolute Gasteiger partial charge is 0.394 e. The van der Waals surface area contributed by atoms with Gasteiger partial charge in [-0.25, -0.2) is 0 Å². The number of hydrogen-bond acceptors (Lipinski definition) is 24. The van der Waals surface area contributed by atoms with Gasteiger partial charge in [0.05, 0.1) is 56.9 Å². The predicted molar refractivity (Wildman–Crippen MR) is 261 cm³/mol. The van der Waals surface area contributed by atoms with Gasteiger partial charge in [-0.1, -0.05) is 45.8 Å². The van der Waals surface area contributed by atoms with Gasteiger partial charge in [-0.05, 0) is 105 Å². The van der Waals surface area contributed by atoms with Crippen molar-refractivity contribution in [3.63, 3.8) is 0 Å². The van der Waals surface area contributed by atoms with Crippen LogP contribution < -0.4 is 0 Å². The van der Waals surface area contributed by atoms with Gasteiger partial charge in [-0.15, -0.1) is 0 Å². The summed E-state index contributed by atoms with van der Waals surface area (Å²) in [6.45, 7) is 7.98. The van der Waals surface area contributed by atoms with Gasteiger partial charge in [0.2, 0.25) is 0 Å². The van der Waals surface area contributed by atoms with Crippen LogP contribution in [0.4, 0.5) is 0 Å². The van der Waals surface area contributed by atoms with E-state index in [4.69, 9.17) is 42.6 Å². The molecule has 444 valence electrons. The maximum absolute atomic E-state index is 12.2. The van der Waals surface area contributed by atoms with Crippen molar-refractivity contribution in [3.05, 3.63) is 11.6 Å². The molecule has 0 spiro atoms. The Morgan fingerprint density at radius 1 is 0.558 bits per heavy atom. The third kappa shape index (κ3) is 10.9. The first kappa shape index (κ1) is 60.4. The first-order chi connectivity index (χ1) is 36.5. The first-order valence-corrected chi connectivity index (χ1v) is 28.0. The van der Waals surface area contributed by atoms with E-state index in [1.807, 2.05) is 6.92 Å². The number of hydrogen-bond donors (Lipinski definition) is 15. The summed E-state index contributed by atoms with van der Waals surface area (Å²) in [5.74, 6) is 0.335. The maximum Gasteiger partial charge on any atom is 0.187 e. The van der Waals surface area contributed by atoms with Crippen LogP contribution in [0.3, 0.4) is 0 Å². The van der Waals surface area contributed by atoms with Crippen molar-refractivity contribution in [1.29, 1.82) is 0 Å². The molecule has 0 amide bonds. The molecule has 5 saturated heterocycles. The smallest absolute Gasteiger partial charge is 0.187 e. The molecule has 0 bridgehead atoms. The Bertz CT molecular complexity index is 1990. The molecule has 24 heteroatoms. The molecule has 8 fully saturated rings. The van der Waals surface area contributed by atoms with E-state index in [0.29, 0.717) is 32.1 Å². The van der Waals surface area contributed by atoms with Gasteiger partial charge in [-0.3, -0.25) is 0 Å². The summed E-state index contributed by atoms with van der Waals surface area (Å²) >= 11 is 0. The Labute approximate surface area is 448 Å². The fourth-order valence-electron chi connectivity index (χ4n) is 15.7. The molecular formula is C53H88O24. The lowest BCUT2D eigenvalue weighted by atomic mass is 9.47. The number of allylic oxidation sites excluding steroid dienone is 2. The van der Waals surface area contributed by atoms with Crippen LogP contribution in [0, 0.1) is 46.3 Å². The summed E-state index contributed by atoms with van der Waals surface area (Å²) in [4.78, 5) is 0. The van der Waals surface area contributed by atoms with Crippen LogP contribution >= 0.6 is 0 Å². The zero-order chi connectivity index (χ0) is 55.8. The van der Waals surface area contributed by atoms with E-state index in [0.717, 1.165) is 25.7 Å². The molecule has 5 heterocycles. The van der Waals surface area contributed by atoms with E-state index in [1.165, 1.54) is 5.57 Å². The lowest BCUT2D eigenvalue weighted by molar-refractivity contribution is -0.373. The van der Waals surface area contributed by atoms with Gasteiger partial charge in [0.25, 0.3) is 0 Å². The third-order valence-electron chi connectivity index (χ3n) is 20.4. The van der Waals surface area contributed by atoms with Crippen molar-refractivity contribution in [1.82, 2.24) is 0 Å². The van der Waals surface area contributed by atoms with E-state index in [9.17, 15) is 76.6 Å². The standard InChI is InChI=1S/C53H88O24/c1-6-22-14-29(77-53(22,5)20-69-49-45(41(65)37(61)32(18-56)73-49)75-47-43(67)39(63)35(59)30(16-54)71-47)21(2)34-28(58)15-27-25-8-7-23-13-24(9-11-51(23,3)26(25)10-12-52(27,34)4)70-50-46(42(66)38(62)33(19-57)74-50)76-48-44(68)40(64)36(60)31(17-55)72-48/h8,21-24,26-50,54-68H,6-7,9-20H2,1-5H3/t21?,22-,23-,24-,26-,27-,28-,29+,30+,31+,32+,33+,34?,35+,36+,37+,38+,39-,40-,41-,42-,43+,44+,45+,46+,47-,48-,49+,50+,51-,52-,53+/m0/s1. The molecule has 4 aliphatic carbocycles. The van der Waals surface area contributed by atoms with Crippen molar-refractivity contribution in [2.24, 2.45) is 46.3 Å². The van der Waals surface area contributed by atoms with Crippen LogP contribution in [-0.2, 0) is 42.6 Å². The average molecular weight is 1110 g/mol. The van der Waals surface area contributed by atoms with E-state index >= 15 is 0 Å². The highest BCUT2D eigenvalue weighted by molar-refractivity contribution is 5.29. The summed E-state index contributed by atoms with van der Waals surface area (Å²) in [5, 5.41) is 159. The highest BCUT2D eigenvalue weighted by atomic mass is 16.8. The van der Waals surface area contributed by atoms with Crippen molar-refractivity contribution in [2.45, 2.75) is 239 Å². The minimum Gasteiger partial charge on any atom is -0.394 e. The molecule has 0 radical (unpaired) electrons. The summed E-state index contributed by atoms with van der Waals surface area (Å²) in [5.41, 5.74) is 0.105. The predicted octanol–water partition coefficient (Wildman–Crippen LogP) is -3.60. The molecule has 32 atom stereocenters. The molecule has 5 aliphatic heterocycles. The fraction of sp³-hybridized carbons (Fsp3) is 0.962. The van der Waals surface area contributed by atoms with E-state index in [1.54, 1.807) is 0 Å². The second-order valence-electron chi connectivity index (χ2n) is 24.6. The molecular weight excluding hydrogens is 1020 g/mol. The monoisotopic (exact) mass is 1110 g/mol. The second kappa shape index (κ2) is 23.8. The Morgan fingerprint density at radius 3 is 1.58 bits per heavy atom. The van der Waals surface area contributed by atoms with Gasteiger partial charge in [0, 0.05) is 0 Å². The fourth-order valence-corrected chi connectivity index (χ4v) is 15.7. The normalized spacial score (nSPS) is 54.5. The molecule has 24 nitrogen and oxygen atoms in total. The summed E-state index contributed by atoms with van der Waals surface area (Å²) in [6, 6.07) is 0. The van der Waals surface area contributed by atoms with Gasteiger partial charge < -0.3 is 119 Å². The quantitative estimate of drug-likeness (QED) is 0.0664. The minimum absolute atomic E-state index is 0.0271. The molecule has 9 aliphatic rings. The molecule has 0 aromatic heterocycles. The molecule has 15 N–H and O–H groups in total. The van der Waals surface area contributed by atoms with E-state index < -0.39 is 167 Å². The Balaban J connectivity index is 0.856. The van der Waals surface area contributed by atoms with Crippen LogP contribution in [0.1, 0.15) is 92.4 Å². The summed E-state index contributed by atoms with van der Waals surface area (Å²) in [6.07, 6.45) is -23.6. The van der Waals surface area contributed by atoms with Crippen molar-refractivity contribution in [2.75, 3.05) is 33.0 Å². The summed E-state index contributed by atoms with van der Waals surface area (Å²) in [7, 11) is 0. The van der Waals surface area contributed by atoms with Crippen LogP contribution in [-0.4, -0.2) is 256 Å². The van der Waals surface area contributed by atoms with Gasteiger partial charge >= 0.3 is 0 Å². The van der Waals surface area contributed by atoms with Crippen LogP contribution in [0.25, 0.3) is 0 Å². The van der Waals surface area contributed by atoms with Gasteiger partial charge in [0.1, 0.15) is 97.7 Å². The van der Waals surface area contributed by atoms with Crippen LogP contribution in [0.2, 0.25) is 0 Å². The van der Waals surface area contributed by atoms with Gasteiger partial charge in [-0.2, -0.15) is 0 Å². The van der Waals surface area contributed by atoms with Crippen LogP contribution in [0.15, 0.2) is 11.6 Å². The average Bonchev–Trinajstić information content (AvgIpc) is 3.93. The molecule has 3 saturated carbocycles. The zero-order valence-electron chi connectivity index (χ0n) is 44.6. The number of aliphatic hydroxyl groups excluding tert-OH is 15. The second-order valence-corrected chi connectivity index (χ2v) is 24.6. The van der Waals surface area contributed by atoms with Crippen molar-refractivity contribution < 1.29 is 119 Å². The lowest BCUT2D eigenvalue weighted by Crippen LogP contribution is -2.65. The molecule has 0 aromatic carbocycles. The third-order valence-corrected chi connectivity index (χ3v) is 20.4. The molecule has 77 heavy (non-hydrogen) atoms. The Morgan fingerprint density at radius 2 is 1.05 bits per heavy atom. The summed E-state index contributed by atoms with van der Waals surface area (Å²) < 4.78 is 54.8. The molecule has 0 aromatic rings. The SMILES string of the molecule is CC[C@H]1C[C@H](C(C)C2[C@@H](O)C[C@H]3C4=CC[C@H]5C[C@@H](O[C@@H]6O[C@H](CO)[C@@H](O)[C@H](O)[C@H]6O[C@@H]6O[C@H](CO)[C@@H](O)[C@H](O)[C@H]6O)CC[C@]5(C)[C@H]4CC[C@]23C)O[C@]1(C)CO[C@@H]1O[C@H](CO)[C@@H](O)[C@H](O)[C@H]1O[C@@H]1O[C@H](CO)[C@@H](O)[C@H](O)[C@H]1O. The number of aliphatic hydroxyl groups is 15. The number of rotatable bonds is 16. The van der Waals surface area contributed by atoms with Gasteiger partial charge in [0.15, 0.2) is 25.2 Å². The molecule has 2 unspecified atom stereocenters. The van der Waals surface area contributed by atoms with Crippen LogP contribution in [0.5, 0.6) is 0 Å². The van der Waals surface area contributed by atoms with E-state index in [-0.39, 0.29) is 59.0 Å². The van der Waals surface area contributed by atoms with E-state index in [2.05, 4.69) is 33.8 Å². The van der Waals surface area contributed by atoms with Crippen molar-refractivity contribution >= 4 is 0 Å². The molecule has 9 rings (SSSR count). The van der Waals surface area contributed by atoms with Crippen molar-refractivity contribution in [3.8, 4) is 0 Å². The first-order valence-electron chi connectivity index (χ1n) is 28.0. The zero-order valence-corrected chi connectivity index (χ0v) is 44.6. The minimum atomic E-state index is -1.82. The number of ether oxygens (including phenoxy) is 9. The topological polar surface area (TPSA) is 387 Å². The Hall–Kier alpha value is -1.22.